The Labute approximate surface area is 198 Å². The van der Waals surface area contributed by atoms with Gasteiger partial charge in [-0.2, -0.15) is 5.10 Å². The van der Waals surface area contributed by atoms with Crippen molar-refractivity contribution in [2.75, 3.05) is 31.1 Å². The summed E-state index contributed by atoms with van der Waals surface area (Å²) in [7, 11) is 0. The van der Waals surface area contributed by atoms with E-state index in [2.05, 4.69) is 25.3 Å². The van der Waals surface area contributed by atoms with Crippen LogP contribution in [0.15, 0.2) is 53.6 Å². The number of aryl methyl sites for hydroxylation is 1. The van der Waals surface area contributed by atoms with Gasteiger partial charge in [0.15, 0.2) is 0 Å². The number of rotatable bonds is 8. The molecule has 1 amide bonds. The standard InChI is InChI=1S/C25H30N6O3/c1-18-6-8-20(9-7-18)21-10-11-24(32)31(29-21)19(2)25(33)26-12-15-34-23-16-22(27-17-28-23)30-13-4-3-5-14-30/h6-11,16-17,19H,3-5,12-15H2,1-2H3,(H,26,33). The van der Waals surface area contributed by atoms with Gasteiger partial charge < -0.3 is 15.0 Å². The van der Waals surface area contributed by atoms with Gasteiger partial charge >= 0.3 is 0 Å². The molecule has 1 fully saturated rings. The van der Waals surface area contributed by atoms with Gasteiger partial charge in [0.25, 0.3) is 5.56 Å². The molecule has 0 aliphatic carbocycles. The van der Waals surface area contributed by atoms with Crippen molar-refractivity contribution in [1.82, 2.24) is 25.1 Å². The highest BCUT2D eigenvalue weighted by Crippen LogP contribution is 2.20. The second kappa shape index (κ2) is 10.9. The quantitative estimate of drug-likeness (QED) is 0.514. The number of amides is 1. The first-order valence-corrected chi connectivity index (χ1v) is 11.7. The van der Waals surface area contributed by atoms with Gasteiger partial charge in [0.1, 0.15) is 24.8 Å². The molecule has 3 aromatic rings. The summed E-state index contributed by atoms with van der Waals surface area (Å²) in [5, 5.41) is 7.22. The molecule has 1 unspecified atom stereocenters. The zero-order valence-electron chi connectivity index (χ0n) is 19.6. The number of hydrogen-bond acceptors (Lipinski definition) is 7. The van der Waals surface area contributed by atoms with E-state index in [0.717, 1.165) is 42.9 Å². The number of anilines is 1. The van der Waals surface area contributed by atoms with Crippen molar-refractivity contribution in [3.8, 4) is 17.1 Å². The molecule has 178 valence electrons. The summed E-state index contributed by atoms with van der Waals surface area (Å²) < 4.78 is 6.92. The molecular formula is C25H30N6O3. The molecule has 1 aliphatic heterocycles. The second-order valence-corrected chi connectivity index (χ2v) is 8.45. The number of carbonyl (C=O) groups excluding carboxylic acids is 1. The van der Waals surface area contributed by atoms with Crippen molar-refractivity contribution in [1.29, 1.82) is 0 Å². The van der Waals surface area contributed by atoms with Crippen LogP contribution in [0.1, 0.15) is 37.8 Å². The first kappa shape index (κ1) is 23.4. The Balaban J connectivity index is 1.32. The predicted molar refractivity (Wildman–Crippen MR) is 130 cm³/mol. The smallest absolute Gasteiger partial charge is 0.267 e. The van der Waals surface area contributed by atoms with Crippen LogP contribution in [0.3, 0.4) is 0 Å². The van der Waals surface area contributed by atoms with E-state index in [4.69, 9.17) is 4.74 Å². The lowest BCUT2D eigenvalue weighted by Gasteiger charge is -2.27. The van der Waals surface area contributed by atoms with Crippen molar-refractivity contribution < 1.29 is 9.53 Å². The molecule has 34 heavy (non-hydrogen) atoms. The molecule has 1 N–H and O–H groups in total. The Hall–Kier alpha value is -3.75. The van der Waals surface area contributed by atoms with Gasteiger partial charge in [0, 0.05) is 30.8 Å². The topological polar surface area (TPSA) is 102 Å². The zero-order chi connectivity index (χ0) is 23.9. The van der Waals surface area contributed by atoms with Crippen LogP contribution in [0.4, 0.5) is 5.82 Å². The third-order valence-corrected chi connectivity index (χ3v) is 5.88. The molecule has 2 aromatic heterocycles. The molecule has 1 saturated heterocycles. The Bertz CT molecular complexity index is 1170. The lowest BCUT2D eigenvalue weighted by molar-refractivity contribution is -0.124. The number of nitrogens with one attached hydrogen (secondary N) is 1. The summed E-state index contributed by atoms with van der Waals surface area (Å²) in [6.07, 6.45) is 5.08. The third kappa shape index (κ3) is 5.78. The average Bonchev–Trinajstić information content (AvgIpc) is 2.87. The number of hydrogen-bond donors (Lipinski definition) is 1. The Morgan fingerprint density at radius 1 is 1.09 bits per heavy atom. The van der Waals surface area contributed by atoms with E-state index in [1.807, 2.05) is 37.3 Å². The van der Waals surface area contributed by atoms with E-state index >= 15 is 0 Å². The maximum Gasteiger partial charge on any atom is 0.267 e. The van der Waals surface area contributed by atoms with E-state index in [9.17, 15) is 9.59 Å². The van der Waals surface area contributed by atoms with Crippen LogP contribution in [-0.2, 0) is 4.79 Å². The number of piperidine rings is 1. The van der Waals surface area contributed by atoms with Crippen molar-refractivity contribution in [2.24, 2.45) is 0 Å². The molecule has 0 bridgehead atoms. The lowest BCUT2D eigenvalue weighted by atomic mass is 10.1. The number of ether oxygens (including phenoxy) is 1. The van der Waals surface area contributed by atoms with Crippen LogP contribution in [0.5, 0.6) is 5.88 Å². The van der Waals surface area contributed by atoms with Gasteiger partial charge in [-0.1, -0.05) is 29.8 Å². The van der Waals surface area contributed by atoms with Crippen LogP contribution < -0.4 is 20.5 Å². The summed E-state index contributed by atoms with van der Waals surface area (Å²) in [5.41, 5.74) is 2.32. The van der Waals surface area contributed by atoms with E-state index in [0.29, 0.717) is 11.6 Å². The van der Waals surface area contributed by atoms with Crippen molar-refractivity contribution in [3.63, 3.8) is 0 Å². The van der Waals surface area contributed by atoms with Crippen molar-refractivity contribution >= 4 is 11.7 Å². The normalized spacial score (nSPS) is 14.5. The molecule has 1 aromatic carbocycles. The summed E-state index contributed by atoms with van der Waals surface area (Å²) in [6.45, 7) is 6.16. The van der Waals surface area contributed by atoms with Crippen LogP contribution >= 0.6 is 0 Å². The van der Waals surface area contributed by atoms with Crippen LogP contribution in [0, 0.1) is 6.92 Å². The van der Waals surface area contributed by atoms with Crippen molar-refractivity contribution in [2.45, 2.75) is 39.2 Å². The minimum absolute atomic E-state index is 0.251. The minimum Gasteiger partial charge on any atom is -0.476 e. The fourth-order valence-electron chi connectivity index (χ4n) is 3.87. The first-order chi connectivity index (χ1) is 16.5. The maximum absolute atomic E-state index is 12.7. The van der Waals surface area contributed by atoms with Gasteiger partial charge in [0.05, 0.1) is 12.2 Å². The molecule has 0 spiro atoms. The molecule has 4 rings (SSSR count). The first-order valence-electron chi connectivity index (χ1n) is 11.7. The molecule has 1 aliphatic rings. The fourth-order valence-corrected chi connectivity index (χ4v) is 3.87. The van der Waals surface area contributed by atoms with Gasteiger partial charge in [-0.05, 0) is 39.2 Å². The van der Waals surface area contributed by atoms with Gasteiger partial charge in [-0.25, -0.2) is 14.6 Å². The molecule has 9 heteroatoms. The summed E-state index contributed by atoms with van der Waals surface area (Å²) in [6, 6.07) is 12.0. The second-order valence-electron chi connectivity index (χ2n) is 8.45. The molecule has 0 radical (unpaired) electrons. The number of benzene rings is 1. The average molecular weight is 463 g/mol. The Morgan fingerprint density at radius 3 is 2.62 bits per heavy atom. The van der Waals surface area contributed by atoms with Crippen LogP contribution in [0.25, 0.3) is 11.3 Å². The Morgan fingerprint density at radius 2 is 1.85 bits per heavy atom. The predicted octanol–water partition coefficient (Wildman–Crippen LogP) is 2.76. The molecule has 3 heterocycles. The minimum atomic E-state index is -0.761. The van der Waals surface area contributed by atoms with Crippen molar-refractivity contribution in [3.05, 3.63) is 64.7 Å². The third-order valence-electron chi connectivity index (χ3n) is 5.88. The highest BCUT2D eigenvalue weighted by atomic mass is 16.5. The number of aromatic nitrogens is 4. The lowest BCUT2D eigenvalue weighted by Crippen LogP contribution is -2.38. The molecule has 9 nitrogen and oxygen atoms in total. The maximum atomic E-state index is 12.7. The Kier molecular flexibility index (Phi) is 7.51. The summed E-state index contributed by atoms with van der Waals surface area (Å²) >= 11 is 0. The number of nitrogens with zero attached hydrogens (tertiary/aromatic N) is 5. The fraction of sp³-hybridized carbons (Fsp3) is 0.400. The molecular weight excluding hydrogens is 432 g/mol. The molecule has 1 atom stereocenters. The molecule has 0 saturated carbocycles. The highest BCUT2D eigenvalue weighted by molar-refractivity contribution is 5.79. The number of carbonyl (C=O) groups is 1. The zero-order valence-corrected chi connectivity index (χ0v) is 19.6. The van der Waals surface area contributed by atoms with Gasteiger partial charge in [-0.3, -0.25) is 9.59 Å². The largest absolute Gasteiger partial charge is 0.476 e. The van der Waals surface area contributed by atoms with E-state index in [1.54, 1.807) is 13.0 Å². The monoisotopic (exact) mass is 462 g/mol. The van der Waals surface area contributed by atoms with E-state index in [-0.39, 0.29) is 24.6 Å². The van der Waals surface area contributed by atoms with Gasteiger partial charge in [-0.15, -0.1) is 0 Å². The van der Waals surface area contributed by atoms with Gasteiger partial charge in [0.2, 0.25) is 11.8 Å². The van der Waals surface area contributed by atoms with E-state index < -0.39 is 6.04 Å². The summed E-state index contributed by atoms with van der Waals surface area (Å²) in [4.78, 5) is 35.8. The van der Waals surface area contributed by atoms with Crippen LogP contribution in [0.2, 0.25) is 0 Å². The summed E-state index contributed by atoms with van der Waals surface area (Å²) in [5.74, 6) is 1.03. The van der Waals surface area contributed by atoms with E-state index in [1.165, 1.54) is 23.5 Å². The highest BCUT2D eigenvalue weighted by Gasteiger charge is 2.18. The SMILES string of the molecule is Cc1ccc(-c2ccc(=O)n(C(C)C(=O)NCCOc3cc(N4CCCCC4)ncn3)n2)cc1. The van der Waals surface area contributed by atoms with Crippen LogP contribution in [-0.4, -0.2) is 51.9 Å².